The highest BCUT2D eigenvalue weighted by molar-refractivity contribution is 6.01. The Balaban J connectivity index is 1.99. The molecule has 1 aromatic heterocycles. The van der Waals surface area contributed by atoms with E-state index in [0.29, 0.717) is 29.4 Å². The van der Waals surface area contributed by atoms with Crippen LogP contribution in [0.25, 0.3) is 0 Å². The van der Waals surface area contributed by atoms with Crippen LogP contribution in [0.15, 0.2) is 36.8 Å². The van der Waals surface area contributed by atoms with E-state index in [2.05, 4.69) is 31.2 Å². The van der Waals surface area contributed by atoms with Crippen molar-refractivity contribution >= 4 is 23.4 Å². The Morgan fingerprint density at radius 3 is 2.69 bits per heavy atom. The summed E-state index contributed by atoms with van der Waals surface area (Å²) in [6.45, 7) is 1.40. The Morgan fingerprint density at radius 1 is 1.15 bits per heavy atom. The van der Waals surface area contributed by atoms with E-state index >= 15 is 0 Å². The van der Waals surface area contributed by atoms with E-state index < -0.39 is 6.03 Å². The molecule has 0 atom stereocenters. The summed E-state index contributed by atoms with van der Waals surface area (Å²) < 4.78 is 5.27. The summed E-state index contributed by atoms with van der Waals surface area (Å²) in [7, 11) is 3.33. The molecule has 26 heavy (non-hydrogen) atoms. The van der Waals surface area contributed by atoms with Crippen LogP contribution in [0.5, 0.6) is 5.75 Å². The Hall–Kier alpha value is -3.20. The van der Waals surface area contributed by atoms with E-state index in [0.717, 1.165) is 13.0 Å². The van der Waals surface area contributed by atoms with Gasteiger partial charge in [-0.1, -0.05) is 0 Å². The molecule has 138 valence electrons. The van der Waals surface area contributed by atoms with Crippen molar-refractivity contribution < 1.29 is 14.3 Å². The summed E-state index contributed by atoms with van der Waals surface area (Å²) in [5.41, 5.74) is 0.881. The fourth-order valence-electron chi connectivity index (χ4n) is 2.14. The first-order valence-corrected chi connectivity index (χ1v) is 8.09. The fraction of sp³-hybridized carbons (Fsp3) is 0.294. The van der Waals surface area contributed by atoms with E-state index in [-0.39, 0.29) is 5.91 Å². The van der Waals surface area contributed by atoms with Gasteiger partial charge in [-0.2, -0.15) is 0 Å². The van der Waals surface area contributed by atoms with Crippen LogP contribution in [0.4, 0.5) is 16.3 Å². The van der Waals surface area contributed by atoms with Crippen molar-refractivity contribution in [3.05, 3.63) is 42.4 Å². The lowest BCUT2D eigenvalue weighted by molar-refractivity contribution is 0.0953. The topological polar surface area (TPSA) is 117 Å². The monoisotopic (exact) mass is 358 g/mol. The van der Waals surface area contributed by atoms with Crippen LogP contribution in [0.1, 0.15) is 16.8 Å². The van der Waals surface area contributed by atoms with Crippen LogP contribution >= 0.6 is 0 Å². The SMILES string of the molecule is CNCCCNC(=O)c1ccc(NC(=O)Nc2cnccn2)c(OC)c1. The summed E-state index contributed by atoms with van der Waals surface area (Å²) in [5.74, 6) is 0.499. The number of rotatable bonds is 8. The summed E-state index contributed by atoms with van der Waals surface area (Å²) in [6, 6.07) is 4.31. The molecule has 0 bridgehead atoms. The third-order valence-electron chi connectivity index (χ3n) is 3.41. The molecule has 9 nitrogen and oxygen atoms in total. The molecule has 0 saturated heterocycles. The van der Waals surface area contributed by atoms with E-state index in [1.165, 1.54) is 25.7 Å². The third-order valence-corrected chi connectivity index (χ3v) is 3.41. The Kier molecular flexibility index (Phi) is 7.31. The van der Waals surface area contributed by atoms with Crippen LogP contribution in [-0.2, 0) is 0 Å². The Bertz CT molecular complexity index is 739. The lowest BCUT2D eigenvalue weighted by Crippen LogP contribution is -2.26. The second kappa shape index (κ2) is 9.94. The molecule has 9 heteroatoms. The molecule has 0 radical (unpaired) electrons. The zero-order valence-corrected chi connectivity index (χ0v) is 14.7. The van der Waals surface area contributed by atoms with Crippen molar-refractivity contribution in [2.45, 2.75) is 6.42 Å². The van der Waals surface area contributed by atoms with Crippen LogP contribution < -0.4 is 26.0 Å². The zero-order valence-electron chi connectivity index (χ0n) is 14.7. The highest BCUT2D eigenvalue weighted by atomic mass is 16.5. The van der Waals surface area contributed by atoms with E-state index in [1.54, 1.807) is 18.2 Å². The van der Waals surface area contributed by atoms with Gasteiger partial charge in [0.25, 0.3) is 5.91 Å². The predicted molar refractivity (Wildman–Crippen MR) is 98.5 cm³/mol. The van der Waals surface area contributed by atoms with E-state index in [4.69, 9.17) is 4.74 Å². The number of carbonyl (C=O) groups excluding carboxylic acids is 2. The number of amides is 3. The molecule has 0 spiro atoms. The minimum Gasteiger partial charge on any atom is -0.495 e. The fourth-order valence-corrected chi connectivity index (χ4v) is 2.14. The Labute approximate surface area is 151 Å². The van der Waals surface area contributed by atoms with Crippen LogP contribution in [0, 0.1) is 0 Å². The first kappa shape index (κ1) is 19.1. The third kappa shape index (κ3) is 5.71. The van der Waals surface area contributed by atoms with Gasteiger partial charge in [0.2, 0.25) is 0 Å². The summed E-state index contributed by atoms with van der Waals surface area (Å²) >= 11 is 0. The Morgan fingerprint density at radius 2 is 2.00 bits per heavy atom. The van der Waals surface area contributed by atoms with Gasteiger partial charge in [0.05, 0.1) is 19.0 Å². The number of methoxy groups -OCH3 is 1. The van der Waals surface area contributed by atoms with Gasteiger partial charge in [0.15, 0.2) is 5.82 Å². The predicted octanol–water partition coefficient (Wildman–Crippen LogP) is 1.47. The number of benzene rings is 1. The number of carbonyl (C=O) groups is 2. The highest BCUT2D eigenvalue weighted by Crippen LogP contribution is 2.25. The molecule has 2 rings (SSSR count). The molecule has 4 N–H and O–H groups in total. The number of ether oxygens (including phenoxy) is 1. The zero-order chi connectivity index (χ0) is 18.8. The van der Waals surface area contributed by atoms with Crippen molar-refractivity contribution in [2.75, 3.05) is 37.9 Å². The van der Waals surface area contributed by atoms with Gasteiger partial charge in [-0.15, -0.1) is 0 Å². The molecule has 0 aliphatic rings. The van der Waals surface area contributed by atoms with Gasteiger partial charge in [0, 0.05) is 24.5 Å². The first-order chi connectivity index (χ1) is 12.6. The van der Waals surface area contributed by atoms with Gasteiger partial charge in [0.1, 0.15) is 5.75 Å². The number of aromatic nitrogens is 2. The van der Waals surface area contributed by atoms with Crippen molar-refractivity contribution in [2.24, 2.45) is 0 Å². The van der Waals surface area contributed by atoms with Crippen LogP contribution in [-0.4, -0.2) is 49.2 Å². The smallest absolute Gasteiger partial charge is 0.324 e. The first-order valence-electron chi connectivity index (χ1n) is 8.09. The van der Waals surface area contributed by atoms with Crippen LogP contribution in [0.3, 0.4) is 0 Å². The molecule has 1 aromatic carbocycles. The average molecular weight is 358 g/mol. The molecular formula is C17H22N6O3. The number of hydrogen-bond acceptors (Lipinski definition) is 6. The quantitative estimate of drug-likeness (QED) is 0.531. The van der Waals surface area contributed by atoms with E-state index in [9.17, 15) is 9.59 Å². The lowest BCUT2D eigenvalue weighted by atomic mass is 10.1. The number of urea groups is 1. The van der Waals surface area contributed by atoms with Crippen molar-refractivity contribution in [1.82, 2.24) is 20.6 Å². The van der Waals surface area contributed by atoms with E-state index in [1.807, 2.05) is 7.05 Å². The normalized spacial score (nSPS) is 10.1. The molecule has 0 aliphatic carbocycles. The lowest BCUT2D eigenvalue weighted by Gasteiger charge is -2.12. The number of nitrogens with one attached hydrogen (secondary N) is 4. The van der Waals surface area contributed by atoms with Gasteiger partial charge < -0.3 is 20.7 Å². The molecule has 0 aliphatic heterocycles. The van der Waals surface area contributed by atoms with Crippen LogP contribution in [0.2, 0.25) is 0 Å². The summed E-state index contributed by atoms with van der Waals surface area (Å²) in [5, 5.41) is 11.1. The standard InChI is InChI=1S/C17H22N6O3/c1-18-6-3-7-21-16(24)12-4-5-13(14(10-12)26-2)22-17(25)23-15-11-19-8-9-20-15/h4-5,8-11,18H,3,6-7H2,1-2H3,(H,21,24)(H2,20,22,23,25). The molecule has 0 fully saturated rings. The highest BCUT2D eigenvalue weighted by Gasteiger charge is 2.12. The number of hydrogen-bond donors (Lipinski definition) is 4. The summed E-state index contributed by atoms with van der Waals surface area (Å²) in [6.07, 6.45) is 5.24. The largest absolute Gasteiger partial charge is 0.495 e. The second-order valence-corrected chi connectivity index (χ2v) is 5.30. The average Bonchev–Trinajstić information content (AvgIpc) is 2.66. The summed E-state index contributed by atoms with van der Waals surface area (Å²) in [4.78, 5) is 32.0. The van der Waals surface area contributed by atoms with Gasteiger partial charge in [-0.3, -0.25) is 15.1 Å². The molecular weight excluding hydrogens is 336 g/mol. The maximum absolute atomic E-state index is 12.1. The maximum atomic E-state index is 12.1. The molecule has 2 aromatic rings. The van der Waals surface area contributed by atoms with Gasteiger partial charge in [-0.05, 0) is 38.2 Å². The van der Waals surface area contributed by atoms with Crippen molar-refractivity contribution in [3.63, 3.8) is 0 Å². The van der Waals surface area contributed by atoms with Gasteiger partial charge >= 0.3 is 6.03 Å². The molecule has 1 heterocycles. The molecule has 0 saturated carbocycles. The molecule has 3 amide bonds. The van der Waals surface area contributed by atoms with Crippen molar-refractivity contribution in [1.29, 1.82) is 0 Å². The van der Waals surface area contributed by atoms with Gasteiger partial charge in [-0.25, -0.2) is 9.78 Å². The number of nitrogens with zero attached hydrogens (tertiary/aromatic N) is 2. The number of anilines is 2. The maximum Gasteiger partial charge on any atom is 0.324 e. The minimum absolute atomic E-state index is 0.199. The molecule has 0 unspecified atom stereocenters. The minimum atomic E-state index is -0.493. The van der Waals surface area contributed by atoms with Crippen molar-refractivity contribution in [3.8, 4) is 5.75 Å². The second-order valence-electron chi connectivity index (χ2n) is 5.30.